The summed E-state index contributed by atoms with van der Waals surface area (Å²) in [6.07, 6.45) is 11.6. The van der Waals surface area contributed by atoms with Crippen LogP contribution in [0.25, 0.3) is 0 Å². The van der Waals surface area contributed by atoms with Gasteiger partial charge in [0.15, 0.2) is 0 Å². The largest absolute Gasteiger partial charge is 0.507 e. The first kappa shape index (κ1) is 20.3. The molecule has 0 aromatic heterocycles. The van der Waals surface area contributed by atoms with Gasteiger partial charge in [-0.1, -0.05) is 43.1 Å². The summed E-state index contributed by atoms with van der Waals surface area (Å²) in [6.45, 7) is 10.5. The van der Waals surface area contributed by atoms with Gasteiger partial charge < -0.3 is 10.2 Å². The highest BCUT2D eigenvalue weighted by Crippen LogP contribution is 2.41. The second-order valence-corrected chi connectivity index (χ2v) is 7.15. The van der Waals surface area contributed by atoms with Gasteiger partial charge in [0, 0.05) is 11.5 Å². The Labute approximate surface area is 147 Å². The minimum Gasteiger partial charge on any atom is -0.507 e. The molecule has 1 aromatic rings. The summed E-state index contributed by atoms with van der Waals surface area (Å²) in [5.74, 6) is 0.594. The molecule has 0 saturated heterocycles. The van der Waals surface area contributed by atoms with Crippen molar-refractivity contribution in [2.24, 2.45) is 0 Å². The van der Waals surface area contributed by atoms with Gasteiger partial charge in [-0.15, -0.1) is 0 Å². The number of benzene rings is 1. The molecule has 134 valence electrons. The summed E-state index contributed by atoms with van der Waals surface area (Å²) in [6, 6.07) is 3.43. The molecule has 1 aromatic carbocycles. The van der Waals surface area contributed by atoms with E-state index in [1.54, 1.807) is 12.1 Å². The maximum Gasteiger partial charge on any atom is 0.123 e. The molecule has 1 aliphatic rings. The predicted octanol–water partition coefficient (Wildman–Crippen LogP) is 6.76. The monoisotopic (exact) mass is 330 g/mol. The smallest absolute Gasteiger partial charge is 0.123 e. The van der Waals surface area contributed by atoms with Crippen molar-refractivity contribution >= 4 is 0 Å². The predicted molar refractivity (Wildman–Crippen MR) is 104 cm³/mol. The lowest BCUT2D eigenvalue weighted by molar-refractivity contribution is 0.428. The zero-order valence-electron chi connectivity index (χ0n) is 16.0. The molecule has 0 bridgehead atoms. The van der Waals surface area contributed by atoms with Crippen molar-refractivity contribution in [2.45, 2.75) is 79.1 Å². The third-order valence-electron chi connectivity index (χ3n) is 4.33. The number of phenolic OH excluding ortho intramolecular Hbond substituents is 2. The van der Waals surface area contributed by atoms with Gasteiger partial charge >= 0.3 is 0 Å². The van der Waals surface area contributed by atoms with E-state index >= 15 is 0 Å². The minimum absolute atomic E-state index is 0.161. The van der Waals surface area contributed by atoms with Crippen LogP contribution in [0.4, 0.5) is 0 Å². The Kier molecular flexibility index (Phi) is 8.67. The highest BCUT2D eigenvalue weighted by atomic mass is 16.3. The van der Waals surface area contributed by atoms with E-state index in [4.69, 9.17) is 0 Å². The number of unbranched alkanes of at least 4 members (excludes halogenated alkanes) is 2. The van der Waals surface area contributed by atoms with Crippen molar-refractivity contribution in [2.75, 3.05) is 0 Å². The molecule has 0 fully saturated rings. The molecule has 2 heteroatoms. The number of phenols is 2. The lowest BCUT2D eigenvalue weighted by Crippen LogP contribution is -2.03. The molecule has 1 atom stereocenters. The fourth-order valence-corrected chi connectivity index (χ4v) is 3.07. The van der Waals surface area contributed by atoms with E-state index in [-0.39, 0.29) is 17.4 Å². The van der Waals surface area contributed by atoms with Crippen LogP contribution in [0.2, 0.25) is 0 Å². The number of hydrogen-bond acceptors (Lipinski definition) is 2. The average molecular weight is 331 g/mol. The molecule has 0 amide bonds. The third kappa shape index (κ3) is 6.82. The summed E-state index contributed by atoms with van der Waals surface area (Å²) in [5.41, 5.74) is 4.36. The molecule has 24 heavy (non-hydrogen) atoms. The quantitative estimate of drug-likeness (QED) is 0.473. The van der Waals surface area contributed by atoms with Crippen LogP contribution in [-0.4, -0.2) is 10.2 Å². The fourth-order valence-electron chi connectivity index (χ4n) is 3.07. The Hall–Kier alpha value is -1.70. The first-order valence-electron chi connectivity index (χ1n) is 9.18. The molecular formula is C22H34O2. The molecule has 0 aliphatic heterocycles. The van der Waals surface area contributed by atoms with Crippen molar-refractivity contribution in [3.05, 3.63) is 46.6 Å². The van der Waals surface area contributed by atoms with Crippen molar-refractivity contribution in [1.29, 1.82) is 0 Å². The van der Waals surface area contributed by atoms with Crippen molar-refractivity contribution in [1.82, 2.24) is 0 Å². The summed E-state index contributed by atoms with van der Waals surface area (Å²) in [4.78, 5) is 0. The summed E-state index contributed by atoms with van der Waals surface area (Å²) in [7, 11) is 0. The molecule has 0 spiro atoms. The van der Waals surface area contributed by atoms with Gasteiger partial charge in [-0.3, -0.25) is 0 Å². The molecule has 0 radical (unpaired) electrons. The van der Waals surface area contributed by atoms with E-state index in [2.05, 4.69) is 39.8 Å². The van der Waals surface area contributed by atoms with Gasteiger partial charge in [0.05, 0.1) is 0 Å². The van der Waals surface area contributed by atoms with Gasteiger partial charge in [-0.05, 0) is 71.1 Å². The highest BCUT2D eigenvalue weighted by molar-refractivity contribution is 5.50. The van der Waals surface area contributed by atoms with Crippen molar-refractivity contribution in [3.8, 4) is 11.5 Å². The van der Waals surface area contributed by atoms with Crippen LogP contribution in [0.3, 0.4) is 0 Å². The number of allylic oxidation sites excluding steroid dienone is 4. The summed E-state index contributed by atoms with van der Waals surface area (Å²) < 4.78 is 0. The second kappa shape index (κ2) is 10.2. The first-order valence-corrected chi connectivity index (χ1v) is 9.18. The number of aromatic hydroxyl groups is 2. The Balaban J connectivity index is 0.000000307. The van der Waals surface area contributed by atoms with E-state index in [1.165, 1.54) is 30.4 Å². The van der Waals surface area contributed by atoms with Gasteiger partial charge in [-0.25, -0.2) is 0 Å². The van der Waals surface area contributed by atoms with E-state index < -0.39 is 0 Å². The lowest BCUT2D eigenvalue weighted by Gasteiger charge is -2.21. The first-order chi connectivity index (χ1) is 11.3. The fraction of sp³-hybridized carbons (Fsp3) is 0.545. The minimum atomic E-state index is 0.161. The van der Waals surface area contributed by atoms with Crippen molar-refractivity contribution in [3.63, 3.8) is 0 Å². The molecule has 1 unspecified atom stereocenters. The molecule has 2 N–H and O–H groups in total. The topological polar surface area (TPSA) is 40.5 Å². The second-order valence-electron chi connectivity index (χ2n) is 7.15. The molecule has 1 aliphatic carbocycles. The Bertz CT molecular complexity index is 555. The standard InChI is InChI=1S/C14H18O2.C8H16/c1-9-4-3-5-11(6-9)14-12(15)7-10(2)8-13(14)16;1-4-5-6-7-8(2)3/h6-8,11,15-16H,3-5H2,1-2H3;7H,4-6H2,1-3H3. The van der Waals surface area contributed by atoms with E-state index in [9.17, 15) is 10.2 Å². The maximum absolute atomic E-state index is 9.92. The normalized spacial score (nSPS) is 16.7. The number of hydrogen-bond donors (Lipinski definition) is 2. The molecule has 0 saturated carbocycles. The van der Waals surface area contributed by atoms with E-state index in [1.807, 2.05) is 6.92 Å². The molecular weight excluding hydrogens is 296 g/mol. The van der Waals surface area contributed by atoms with Crippen LogP contribution >= 0.6 is 0 Å². The highest BCUT2D eigenvalue weighted by Gasteiger charge is 2.20. The Morgan fingerprint density at radius 2 is 1.79 bits per heavy atom. The van der Waals surface area contributed by atoms with Crippen LogP contribution in [0, 0.1) is 6.92 Å². The van der Waals surface area contributed by atoms with Crippen molar-refractivity contribution < 1.29 is 10.2 Å². The van der Waals surface area contributed by atoms with Crippen LogP contribution < -0.4 is 0 Å². The van der Waals surface area contributed by atoms with Gasteiger partial charge in [0.2, 0.25) is 0 Å². The summed E-state index contributed by atoms with van der Waals surface area (Å²) >= 11 is 0. The van der Waals surface area contributed by atoms with E-state index in [0.717, 1.165) is 24.8 Å². The van der Waals surface area contributed by atoms with Crippen LogP contribution in [-0.2, 0) is 0 Å². The van der Waals surface area contributed by atoms with Gasteiger partial charge in [0.25, 0.3) is 0 Å². The third-order valence-corrected chi connectivity index (χ3v) is 4.33. The summed E-state index contributed by atoms with van der Waals surface area (Å²) in [5, 5.41) is 19.8. The molecule has 0 heterocycles. The Morgan fingerprint density at radius 3 is 2.29 bits per heavy atom. The van der Waals surface area contributed by atoms with Gasteiger partial charge in [0.1, 0.15) is 11.5 Å². The van der Waals surface area contributed by atoms with Gasteiger partial charge in [-0.2, -0.15) is 0 Å². The lowest BCUT2D eigenvalue weighted by atomic mass is 9.85. The molecule has 2 rings (SSSR count). The maximum atomic E-state index is 9.92. The van der Waals surface area contributed by atoms with Crippen LogP contribution in [0.5, 0.6) is 11.5 Å². The number of aryl methyl sites for hydroxylation is 1. The number of rotatable bonds is 4. The van der Waals surface area contributed by atoms with E-state index in [0.29, 0.717) is 5.56 Å². The van der Waals surface area contributed by atoms with Crippen LogP contribution in [0.1, 0.15) is 83.3 Å². The Morgan fingerprint density at radius 1 is 1.17 bits per heavy atom. The zero-order valence-corrected chi connectivity index (χ0v) is 16.0. The zero-order chi connectivity index (χ0) is 18.1. The van der Waals surface area contributed by atoms with Crippen LogP contribution in [0.15, 0.2) is 35.4 Å². The molecule has 2 nitrogen and oxygen atoms in total. The SMILES string of the molecule is CC1=CC(c2c(O)cc(C)cc2O)CCC1.CCCCC=C(C)C. The average Bonchev–Trinajstić information content (AvgIpc) is 2.47.